The summed E-state index contributed by atoms with van der Waals surface area (Å²) in [5, 5.41) is 2.78. The van der Waals surface area contributed by atoms with Crippen molar-refractivity contribution in [2.45, 2.75) is 20.0 Å². The van der Waals surface area contributed by atoms with Gasteiger partial charge in [-0.15, -0.1) is 0 Å². The second-order valence-electron chi connectivity index (χ2n) is 6.96. The number of pyridine rings is 2. The lowest BCUT2D eigenvalue weighted by Crippen LogP contribution is -2.42. The van der Waals surface area contributed by atoms with Gasteiger partial charge in [0.15, 0.2) is 5.52 Å². The molecule has 4 aromatic rings. The van der Waals surface area contributed by atoms with E-state index in [1.54, 1.807) is 60.9 Å². The fourth-order valence-electron chi connectivity index (χ4n) is 3.39. The Labute approximate surface area is 182 Å². The molecule has 0 aliphatic heterocycles. The van der Waals surface area contributed by atoms with Gasteiger partial charge >= 0.3 is 5.69 Å². The minimum atomic E-state index is -0.597. The van der Waals surface area contributed by atoms with E-state index < -0.39 is 17.2 Å². The number of rotatable bonds is 7. The number of nitrogens with one attached hydrogen (secondary N) is 1. The van der Waals surface area contributed by atoms with Crippen LogP contribution in [0.1, 0.15) is 12.5 Å². The van der Waals surface area contributed by atoms with E-state index >= 15 is 0 Å². The first-order valence-corrected chi connectivity index (χ1v) is 10.1. The van der Waals surface area contributed by atoms with Crippen molar-refractivity contribution in [1.29, 1.82) is 0 Å². The molecule has 9 nitrogen and oxygen atoms in total. The molecule has 0 aliphatic carbocycles. The van der Waals surface area contributed by atoms with Gasteiger partial charge in [-0.3, -0.25) is 23.7 Å². The van der Waals surface area contributed by atoms with E-state index in [1.807, 2.05) is 6.92 Å². The van der Waals surface area contributed by atoms with Crippen molar-refractivity contribution in [2.24, 2.45) is 0 Å². The molecule has 32 heavy (non-hydrogen) atoms. The highest BCUT2D eigenvalue weighted by molar-refractivity contribution is 5.92. The number of para-hydroxylation sites is 2. The second kappa shape index (κ2) is 9.25. The van der Waals surface area contributed by atoms with Gasteiger partial charge in [-0.1, -0.05) is 12.1 Å². The minimum absolute atomic E-state index is 0.0431. The Morgan fingerprint density at radius 3 is 2.56 bits per heavy atom. The van der Waals surface area contributed by atoms with E-state index in [-0.39, 0.29) is 18.6 Å². The summed E-state index contributed by atoms with van der Waals surface area (Å²) < 4.78 is 7.87. The van der Waals surface area contributed by atoms with Crippen molar-refractivity contribution in [3.05, 3.63) is 93.5 Å². The predicted molar refractivity (Wildman–Crippen MR) is 120 cm³/mol. The van der Waals surface area contributed by atoms with Crippen LogP contribution in [0.2, 0.25) is 0 Å². The summed E-state index contributed by atoms with van der Waals surface area (Å²) in [4.78, 5) is 47.2. The van der Waals surface area contributed by atoms with Crippen LogP contribution >= 0.6 is 0 Å². The maximum absolute atomic E-state index is 13.2. The summed E-state index contributed by atoms with van der Waals surface area (Å²) in [6.07, 6.45) is 4.65. The Bertz CT molecular complexity index is 1380. The molecular weight excluding hydrogens is 410 g/mol. The van der Waals surface area contributed by atoms with Gasteiger partial charge in [0.25, 0.3) is 5.56 Å². The number of amides is 1. The molecule has 0 radical (unpaired) electrons. The van der Waals surface area contributed by atoms with Crippen LogP contribution in [0.3, 0.4) is 0 Å². The molecule has 1 aromatic carbocycles. The molecule has 0 unspecified atom stereocenters. The van der Waals surface area contributed by atoms with Gasteiger partial charge in [-0.25, -0.2) is 9.78 Å². The third kappa shape index (κ3) is 4.27. The Morgan fingerprint density at radius 1 is 1.00 bits per heavy atom. The molecule has 0 atom stereocenters. The number of carbonyl (C=O) groups is 1. The standard InChI is InChI=1S/C23H21N5O4/c1-2-32-19-8-4-3-6-17(19)26-20(29)15-27-18-7-5-11-25-21(18)22(30)28(23(27)31)14-16-9-12-24-13-10-16/h3-13H,2,14-15H2,1H3,(H,26,29). The highest BCUT2D eigenvalue weighted by Gasteiger charge is 2.17. The smallest absolute Gasteiger partial charge is 0.332 e. The number of nitrogens with zero attached hydrogens (tertiary/aromatic N) is 4. The fraction of sp³-hybridized carbons (Fsp3) is 0.174. The number of anilines is 1. The molecule has 0 fully saturated rings. The van der Waals surface area contributed by atoms with E-state index in [1.165, 1.54) is 10.8 Å². The largest absolute Gasteiger partial charge is 0.492 e. The molecule has 0 aliphatic rings. The van der Waals surface area contributed by atoms with Gasteiger partial charge < -0.3 is 10.1 Å². The SMILES string of the molecule is CCOc1ccccc1NC(=O)Cn1c(=O)n(Cc2ccncc2)c(=O)c2ncccc21. The van der Waals surface area contributed by atoms with Gasteiger partial charge in [0.05, 0.1) is 24.4 Å². The van der Waals surface area contributed by atoms with E-state index in [2.05, 4.69) is 15.3 Å². The van der Waals surface area contributed by atoms with Gasteiger partial charge in [-0.05, 0) is 48.9 Å². The van der Waals surface area contributed by atoms with Crippen LogP contribution in [-0.4, -0.2) is 31.6 Å². The molecule has 4 rings (SSSR count). The Balaban J connectivity index is 1.73. The lowest BCUT2D eigenvalue weighted by molar-refractivity contribution is -0.116. The zero-order valence-electron chi connectivity index (χ0n) is 17.4. The molecule has 0 saturated heterocycles. The topological polar surface area (TPSA) is 108 Å². The predicted octanol–water partition coefficient (Wildman–Crippen LogP) is 2.04. The lowest BCUT2D eigenvalue weighted by Gasteiger charge is -2.15. The molecule has 0 bridgehead atoms. The van der Waals surface area contributed by atoms with Crippen LogP contribution in [0.25, 0.3) is 11.0 Å². The maximum Gasteiger partial charge on any atom is 0.332 e. The van der Waals surface area contributed by atoms with Crippen LogP contribution < -0.4 is 21.3 Å². The second-order valence-corrected chi connectivity index (χ2v) is 6.96. The first kappa shape index (κ1) is 21.0. The Hall–Kier alpha value is -4.27. The van der Waals surface area contributed by atoms with Crippen molar-refractivity contribution < 1.29 is 9.53 Å². The Kier molecular flexibility index (Phi) is 6.07. The van der Waals surface area contributed by atoms with Gasteiger partial charge in [0.2, 0.25) is 5.91 Å². The molecule has 0 saturated carbocycles. The Morgan fingerprint density at radius 2 is 1.78 bits per heavy atom. The zero-order valence-corrected chi connectivity index (χ0v) is 17.4. The monoisotopic (exact) mass is 431 g/mol. The summed E-state index contributed by atoms with van der Waals surface area (Å²) in [6, 6.07) is 13.7. The first-order valence-electron chi connectivity index (χ1n) is 10.1. The fourth-order valence-corrected chi connectivity index (χ4v) is 3.39. The van der Waals surface area contributed by atoms with E-state index in [0.717, 1.165) is 10.1 Å². The number of carbonyl (C=O) groups excluding carboxylic acids is 1. The molecule has 3 aromatic heterocycles. The summed E-state index contributed by atoms with van der Waals surface area (Å²) >= 11 is 0. The molecule has 9 heteroatoms. The van der Waals surface area contributed by atoms with Crippen LogP contribution in [0.5, 0.6) is 5.75 Å². The lowest BCUT2D eigenvalue weighted by atomic mass is 10.2. The van der Waals surface area contributed by atoms with E-state index in [0.29, 0.717) is 23.6 Å². The quantitative estimate of drug-likeness (QED) is 0.480. The van der Waals surface area contributed by atoms with Crippen molar-refractivity contribution in [3.8, 4) is 5.75 Å². The zero-order chi connectivity index (χ0) is 22.5. The summed E-state index contributed by atoms with van der Waals surface area (Å²) in [6.45, 7) is 2.05. The van der Waals surface area contributed by atoms with Crippen molar-refractivity contribution >= 4 is 22.6 Å². The van der Waals surface area contributed by atoms with Crippen molar-refractivity contribution in [1.82, 2.24) is 19.1 Å². The molecule has 1 N–H and O–H groups in total. The summed E-state index contributed by atoms with van der Waals surface area (Å²) in [5.74, 6) is 0.100. The molecule has 1 amide bonds. The van der Waals surface area contributed by atoms with Crippen LogP contribution in [0, 0.1) is 0 Å². The maximum atomic E-state index is 13.2. The first-order chi connectivity index (χ1) is 15.6. The number of fused-ring (bicyclic) bond motifs is 1. The van der Waals surface area contributed by atoms with Crippen molar-refractivity contribution in [2.75, 3.05) is 11.9 Å². The molecular formula is C23H21N5O4. The summed E-state index contributed by atoms with van der Waals surface area (Å²) in [5.41, 5.74) is 0.530. The number of hydrogen-bond acceptors (Lipinski definition) is 6. The average molecular weight is 431 g/mol. The molecule has 3 heterocycles. The number of benzene rings is 1. The van der Waals surface area contributed by atoms with Crippen LogP contribution in [-0.2, 0) is 17.9 Å². The number of aromatic nitrogens is 4. The third-order valence-corrected chi connectivity index (χ3v) is 4.84. The molecule has 162 valence electrons. The number of ether oxygens (including phenoxy) is 1. The molecule has 0 spiro atoms. The van der Waals surface area contributed by atoms with Crippen LogP contribution in [0.15, 0.2) is 76.7 Å². The van der Waals surface area contributed by atoms with E-state index in [9.17, 15) is 14.4 Å². The number of hydrogen-bond donors (Lipinski definition) is 1. The van der Waals surface area contributed by atoms with Crippen LogP contribution in [0.4, 0.5) is 5.69 Å². The highest BCUT2D eigenvalue weighted by Crippen LogP contribution is 2.23. The highest BCUT2D eigenvalue weighted by atomic mass is 16.5. The van der Waals surface area contributed by atoms with Gasteiger partial charge in [0.1, 0.15) is 12.3 Å². The van der Waals surface area contributed by atoms with Crippen molar-refractivity contribution in [3.63, 3.8) is 0 Å². The van der Waals surface area contributed by atoms with Gasteiger partial charge in [-0.2, -0.15) is 0 Å². The third-order valence-electron chi connectivity index (χ3n) is 4.84. The normalized spacial score (nSPS) is 10.8. The average Bonchev–Trinajstić information content (AvgIpc) is 2.81. The summed E-state index contributed by atoms with van der Waals surface area (Å²) in [7, 11) is 0. The van der Waals surface area contributed by atoms with E-state index in [4.69, 9.17) is 4.74 Å². The minimum Gasteiger partial charge on any atom is -0.492 e. The van der Waals surface area contributed by atoms with Gasteiger partial charge in [0, 0.05) is 18.6 Å².